The van der Waals surface area contributed by atoms with E-state index in [0.717, 1.165) is 45.3 Å². The summed E-state index contributed by atoms with van der Waals surface area (Å²) < 4.78 is 5.31. The third-order valence-electron chi connectivity index (χ3n) is 3.37. The highest BCUT2D eigenvalue weighted by molar-refractivity contribution is 5.80. The van der Waals surface area contributed by atoms with Gasteiger partial charge in [-0.15, -0.1) is 0 Å². The van der Waals surface area contributed by atoms with Crippen LogP contribution in [0.1, 0.15) is 32.1 Å². The van der Waals surface area contributed by atoms with Crippen LogP contribution in [0.4, 0.5) is 0 Å². The summed E-state index contributed by atoms with van der Waals surface area (Å²) >= 11 is 0. The van der Waals surface area contributed by atoms with Crippen LogP contribution < -0.4 is 11.1 Å². The fourth-order valence-corrected chi connectivity index (χ4v) is 2.44. The molecule has 1 aliphatic heterocycles. The molecule has 4 heteroatoms. The van der Waals surface area contributed by atoms with Gasteiger partial charge in [0.1, 0.15) is 6.10 Å². The second-order valence-electron chi connectivity index (χ2n) is 4.69. The van der Waals surface area contributed by atoms with Gasteiger partial charge >= 0.3 is 0 Å². The van der Waals surface area contributed by atoms with Crippen molar-refractivity contribution in [3.63, 3.8) is 0 Å². The Morgan fingerprint density at radius 1 is 1.40 bits per heavy atom. The fourth-order valence-electron chi connectivity index (χ4n) is 2.44. The monoisotopic (exact) mass is 212 g/mol. The SMILES string of the molecule is NC1CCC(CNC(=O)C2CCCO2)C1. The van der Waals surface area contributed by atoms with E-state index in [0.29, 0.717) is 12.0 Å². The Bertz CT molecular complexity index is 227. The molecule has 0 radical (unpaired) electrons. The van der Waals surface area contributed by atoms with Gasteiger partial charge in [0.2, 0.25) is 5.91 Å². The van der Waals surface area contributed by atoms with Crippen LogP contribution in [0.5, 0.6) is 0 Å². The van der Waals surface area contributed by atoms with Gasteiger partial charge in [-0.05, 0) is 38.0 Å². The standard InChI is InChI=1S/C11H20N2O2/c12-9-4-3-8(6-9)7-13-11(14)10-2-1-5-15-10/h8-10H,1-7,12H2,(H,13,14). The molecule has 1 saturated heterocycles. The van der Waals surface area contributed by atoms with E-state index in [1.807, 2.05) is 0 Å². The zero-order chi connectivity index (χ0) is 10.7. The smallest absolute Gasteiger partial charge is 0.249 e. The lowest BCUT2D eigenvalue weighted by molar-refractivity contribution is -0.130. The first-order chi connectivity index (χ1) is 7.25. The first-order valence-electron chi connectivity index (χ1n) is 5.90. The Balaban J connectivity index is 1.66. The largest absolute Gasteiger partial charge is 0.368 e. The van der Waals surface area contributed by atoms with E-state index in [1.54, 1.807) is 0 Å². The first-order valence-corrected chi connectivity index (χ1v) is 5.90. The van der Waals surface area contributed by atoms with E-state index in [-0.39, 0.29) is 12.0 Å². The predicted octanol–water partition coefficient (Wildman–Crippen LogP) is 0.409. The summed E-state index contributed by atoms with van der Waals surface area (Å²) in [5, 5.41) is 2.97. The van der Waals surface area contributed by atoms with Crippen LogP contribution in [0.15, 0.2) is 0 Å². The van der Waals surface area contributed by atoms with Crippen molar-refractivity contribution in [2.24, 2.45) is 11.7 Å². The minimum absolute atomic E-state index is 0.0629. The van der Waals surface area contributed by atoms with Crippen molar-refractivity contribution < 1.29 is 9.53 Å². The number of rotatable bonds is 3. The van der Waals surface area contributed by atoms with Crippen LogP contribution >= 0.6 is 0 Å². The molecule has 15 heavy (non-hydrogen) atoms. The minimum Gasteiger partial charge on any atom is -0.368 e. The average molecular weight is 212 g/mol. The highest BCUT2D eigenvalue weighted by Crippen LogP contribution is 2.23. The minimum atomic E-state index is -0.194. The van der Waals surface area contributed by atoms with Crippen molar-refractivity contribution >= 4 is 5.91 Å². The van der Waals surface area contributed by atoms with Gasteiger partial charge in [0.15, 0.2) is 0 Å². The molecular weight excluding hydrogens is 192 g/mol. The number of hydrogen-bond donors (Lipinski definition) is 2. The van der Waals surface area contributed by atoms with Gasteiger partial charge in [0.05, 0.1) is 0 Å². The zero-order valence-electron chi connectivity index (χ0n) is 9.08. The molecule has 86 valence electrons. The van der Waals surface area contributed by atoms with Gasteiger partial charge in [0, 0.05) is 19.2 Å². The van der Waals surface area contributed by atoms with Crippen LogP contribution in [0.25, 0.3) is 0 Å². The fraction of sp³-hybridized carbons (Fsp3) is 0.909. The van der Waals surface area contributed by atoms with E-state index < -0.39 is 0 Å². The van der Waals surface area contributed by atoms with Crippen molar-refractivity contribution in [3.8, 4) is 0 Å². The highest BCUT2D eigenvalue weighted by Gasteiger charge is 2.26. The molecule has 0 aromatic heterocycles. The van der Waals surface area contributed by atoms with Crippen LogP contribution in [0.3, 0.4) is 0 Å². The summed E-state index contributed by atoms with van der Waals surface area (Å²) in [5.41, 5.74) is 5.82. The first kappa shape index (κ1) is 10.9. The Hall–Kier alpha value is -0.610. The summed E-state index contributed by atoms with van der Waals surface area (Å²) in [6.07, 6.45) is 4.97. The molecule has 1 amide bonds. The lowest BCUT2D eigenvalue weighted by Crippen LogP contribution is -2.37. The highest BCUT2D eigenvalue weighted by atomic mass is 16.5. The van der Waals surface area contributed by atoms with Crippen molar-refractivity contribution in [2.75, 3.05) is 13.2 Å². The maximum atomic E-state index is 11.6. The lowest BCUT2D eigenvalue weighted by atomic mass is 10.1. The van der Waals surface area contributed by atoms with E-state index >= 15 is 0 Å². The molecule has 2 aliphatic rings. The van der Waals surface area contributed by atoms with Gasteiger partial charge < -0.3 is 15.8 Å². The zero-order valence-corrected chi connectivity index (χ0v) is 9.08. The Morgan fingerprint density at radius 3 is 2.87 bits per heavy atom. The molecule has 3 atom stereocenters. The molecule has 1 heterocycles. The molecular formula is C11H20N2O2. The topological polar surface area (TPSA) is 64.3 Å². The molecule has 4 nitrogen and oxygen atoms in total. The number of amides is 1. The molecule has 0 aromatic carbocycles. The molecule has 3 unspecified atom stereocenters. The number of carbonyl (C=O) groups is 1. The number of carbonyl (C=O) groups excluding carboxylic acids is 1. The Morgan fingerprint density at radius 2 is 2.27 bits per heavy atom. The molecule has 0 spiro atoms. The normalized spacial score (nSPS) is 35.7. The average Bonchev–Trinajstić information content (AvgIpc) is 2.84. The van der Waals surface area contributed by atoms with Gasteiger partial charge in [-0.2, -0.15) is 0 Å². The maximum absolute atomic E-state index is 11.6. The summed E-state index contributed by atoms with van der Waals surface area (Å²) in [4.78, 5) is 11.6. The lowest BCUT2D eigenvalue weighted by Gasteiger charge is -2.13. The van der Waals surface area contributed by atoms with Crippen LogP contribution in [-0.2, 0) is 9.53 Å². The summed E-state index contributed by atoms with van der Waals surface area (Å²) in [6.45, 7) is 1.50. The summed E-state index contributed by atoms with van der Waals surface area (Å²) in [5.74, 6) is 0.637. The number of hydrogen-bond acceptors (Lipinski definition) is 3. The van der Waals surface area contributed by atoms with Crippen molar-refractivity contribution in [2.45, 2.75) is 44.2 Å². The van der Waals surface area contributed by atoms with Gasteiger partial charge in [0.25, 0.3) is 0 Å². The van der Waals surface area contributed by atoms with Crippen molar-refractivity contribution in [1.82, 2.24) is 5.32 Å². The van der Waals surface area contributed by atoms with Crippen LogP contribution in [0.2, 0.25) is 0 Å². The molecule has 2 rings (SSSR count). The second kappa shape index (κ2) is 4.94. The molecule has 0 bridgehead atoms. The third-order valence-corrected chi connectivity index (χ3v) is 3.37. The van der Waals surface area contributed by atoms with E-state index in [9.17, 15) is 4.79 Å². The van der Waals surface area contributed by atoms with Crippen LogP contribution in [0, 0.1) is 5.92 Å². The predicted molar refractivity (Wildman–Crippen MR) is 57.3 cm³/mol. The number of nitrogens with one attached hydrogen (secondary N) is 1. The third kappa shape index (κ3) is 2.92. The van der Waals surface area contributed by atoms with E-state index in [1.165, 1.54) is 0 Å². The second-order valence-corrected chi connectivity index (χ2v) is 4.69. The van der Waals surface area contributed by atoms with E-state index in [4.69, 9.17) is 10.5 Å². The Labute approximate surface area is 90.5 Å². The molecule has 3 N–H and O–H groups in total. The summed E-state index contributed by atoms with van der Waals surface area (Å²) in [6, 6.07) is 0.342. The Kier molecular flexibility index (Phi) is 3.59. The van der Waals surface area contributed by atoms with Gasteiger partial charge in [-0.3, -0.25) is 4.79 Å². The van der Waals surface area contributed by atoms with Crippen molar-refractivity contribution in [3.05, 3.63) is 0 Å². The van der Waals surface area contributed by atoms with E-state index in [2.05, 4.69) is 5.32 Å². The van der Waals surface area contributed by atoms with Crippen molar-refractivity contribution in [1.29, 1.82) is 0 Å². The maximum Gasteiger partial charge on any atom is 0.249 e. The molecule has 0 aromatic rings. The van der Waals surface area contributed by atoms with Crippen LogP contribution in [-0.4, -0.2) is 31.2 Å². The van der Waals surface area contributed by atoms with Gasteiger partial charge in [-0.25, -0.2) is 0 Å². The number of nitrogens with two attached hydrogens (primary N) is 1. The van der Waals surface area contributed by atoms with Gasteiger partial charge in [-0.1, -0.05) is 0 Å². The molecule has 2 fully saturated rings. The molecule has 1 saturated carbocycles. The molecule has 1 aliphatic carbocycles. The quantitative estimate of drug-likeness (QED) is 0.712. The number of ether oxygens (including phenoxy) is 1. The summed E-state index contributed by atoms with van der Waals surface area (Å²) in [7, 11) is 0.